The van der Waals surface area contributed by atoms with E-state index in [1.54, 1.807) is 0 Å². The minimum absolute atomic E-state index is 0.521. The van der Waals surface area contributed by atoms with Crippen LogP contribution in [0.5, 0.6) is 0 Å². The van der Waals surface area contributed by atoms with Crippen LogP contribution in [0, 0.1) is 0 Å². The number of hydrogen-bond donors (Lipinski definition) is 1. The maximum Gasteiger partial charge on any atom is 0.140 e. The topological polar surface area (TPSA) is 43.3 Å². The maximum absolute atomic E-state index is 5.51. The maximum atomic E-state index is 5.51. The zero-order valence-corrected chi connectivity index (χ0v) is 6.54. The van der Waals surface area contributed by atoms with Crippen molar-refractivity contribution in [1.29, 1.82) is 0 Å². The smallest absolute Gasteiger partial charge is 0.140 e. The standard InChI is InChI=1S/C8H11N3/c1-6(9)7-4-5-11(3)8(7)10-2/h4-5H,1-2,9H2,3H3. The molecule has 0 radical (unpaired) electrons. The highest BCUT2D eigenvalue weighted by Crippen LogP contribution is 2.22. The Morgan fingerprint density at radius 3 is 2.73 bits per heavy atom. The third-order valence-electron chi connectivity index (χ3n) is 1.54. The van der Waals surface area contributed by atoms with Gasteiger partial charge in [0.2, 0.25) is 0 Å². The minimum atomic E-state index is 0.521. The lowest BCUT2D eigenvalue weighted by Gasteiger charge is -1.99. The molecule has 0 aromatic carbocycles. The van der Waals surface area contributed by atoms with E-state index in [1.165, 1.54) is 0 Å². The number of aryl methyl sites for hydroxylation is 1. The van der Waals surface area contributed by atoms with Crippen molar-refractivity contribution >= 4 is 18.2 Å². The van der Waals surface area contributed by atoms with Gasteiger partial charge >= 0.3 is 0 Å². The molecular formula is C8H11N3. The number of nitrogens with zero attached hydrogens (tertiary/aromatic N) is 2. The molecule has 3 nitrogen and oxygen atoms in total. The molecule has 1 rings (SSSR count). The molecule has 0 aliphatic carbocycles. The molecule has 0 saturated carbocycles. The Morgan fingerprint density at radius 1 is 1.73 bits per heavy atom. The van der Waals surface area contributed by atoms with Crippen LogP contribution in [0.4, 0.5) is 5.82 Å². The molecule has 0 aliphatic rings. The van der Waals surface area contributed by atoms with E-state index in [0.29, 0.717) is 5.70 Å². The summed E-state index contributed by atoms with van der Waals surface area (Å²) < 4.78 is 1.85. The van der Waals surface area contributed by atoms with Crippen molar-refractivity contribution in [2.45, 2.75) is 0 Å². The SMILES string of the molecule is C=Nc1c(C(=C)N)ccn1C. The Hall–Kier alpha value is -1.51. The van der Waals surface area contributed by atoms with E-state index in [2.05, 4.69) is 18.3 Å². The first-order valence-corrected chi connectivity index (χ1v) is 3.23. The van der Waals surface area contributed by atoms with E-state index >= 15 is 0 Å². The summed E-state index contributed by atoms with van der Waals surface area (Å²) in [5.74, 6) is 0.762. The summed E-state index contributed by atoms with van der Waals surface area (Å²) in [6.45, 7) is 7.06. The molecule has 0 bridgehead atoms. The Bertz CT molecular complexity index is 296. The zero-order valence-electron chi connectivity index (χ0n) is 6.54. The quantitative estimate of drug-likeness (QED) is 0.632. The van der Waals surface area contributed by atoms with E-state index in [9.17, 15) is 0 Å². The number of aromatic nitrogens is 1. The van der Waals surface area contributed by atoms with Crippen molar-refractivity contribution in [3.05, 3.63) is 24.4 Å². The van der Waals surface area contributed by atoms with Gasteiger partial charge < -0.3 is 10.3 Å². The molecule has 1 aromatic heterocycles. The van der Waals surface area contributed by atoms with Crippen molar-refractivity contribution in [3.8, 4) is 0 Å². The van der Waals surface area contributed by atoms with Gasteiger partial charge in [-0.25, -0.2) is 4.99 Å². The summed E-state index contributed by atoms with van der Waals surface area (Å²) >= 11 is 0. The van der Waals surface area contributed by atoms with Crippen LogP contribution in [-0.2, 0) is 7.05 Å². The second-order valence-electron chi connectivity index (χ2n) is 2.35. The normalized spacial score (nSPS) is 9.55. The van der Waals surface area contributed by atoms with Crippen LogP contribution in [0.15, 0.2) is 23.8 Å². The van der Waals surface area contributed by atoms with Gasteiger partial charge in [0.15, 0.2) is 0 Å². The molecule has 0 amide bonds. The summed E-state index contributed by atoms with van der Waals surface area (Å²) in [5, 5.41) is 0. The average Bonchev–Trinajstić information content (AvgIpc) is 2.30. The molecule has 1 aromatic rings. The second kappa shape index (κ2) is 2.62. The molecule has 1 heterocycles. The fraction of sp³-hybridized carbons (Fsp3) is 0.125. The van der Waals surface area contributed by atoms with Crippen molar-refractivity contribution in [3.63, 3.8) is 0 Å². The van der Waals surface area contributed by atoms with Crippen LogP contribution >= 0.6 is 0 Å². The number of aliphatic imine (C=N–C) groups is 1. The molecule has 0 unspecified atom stereocenters. The molecule has 0 spiro atoms. The van der Waals surface area contributed by atoms with E-state index in [0.717, 1.165) is 11.4 Å². The highest BCUT2D eigenvalue weighted by molar-refractivity contribution is 5.70. The van der Waals surface area contributed by atoms with Crippen LogP contribution in [0.1, 0.15) is 5.56 Å². The van der Waals surface area contributed by atoms with Crippen LogP contribution < -0.4 is 5.73 Å². The summed E-state index contributed by atoms with van der Waals surface area (Å²) in [5.41, 5.74) is 6.88. The lowest BCUT2D eigenvalue weighted by molar-refractivity contribution is 0.926. The molecule has 0 saturated heterocycles. The van der Waals surface area contributed by atoms with Gasteiger partial charge in [0.05, 0.1) is 0 Å². The van der Waals surface area contributed by atoms with Crippen LogP contribution in [0.25, 0.3) is 5.70 Å². The first-order chi connectivity index (χ1) is 5.16. The fourth-order valence-corrected chi connectivity index (χ4v) is 0.969. The highest BCUT2D eigenvalue weighted by atomic mass is 15.0. The van der Waals surface area contributed by atoms with E-state index in [-0.39, 0.29) is 0 Å². The van der Waals surface area contributed by atoms with Gasteiger partial charge in [0.25, 0.3) is 0 Å². The monoisotopic (exact) mass is 149 g/mol. The second-order valence-corrected chi connectivity index (χ2v) is 2.35. The average molecular weight is 149 g/mol. The minimum Gasteiger partial charge on any atom is -0.399 e. The van der Waals surface area contributed by atoms with Gasteiger partial charge in [0.1, 0.15) is 5.82 Å². The van der Waals surface area contributed by atoms with Gasteiger partial charge in [0, 0.05) is 24.5 Å². The summed E-state index contributed by atoms with van der Waals surface area (Å²) in [6.07, 6.45) is 1.87. The third kappa shape index (κ3) is 1.17. The number of hydrogen-bond acceptors (Lipinski definition) is 2. The first kappa shape index (κ1) is 7.60. The lowest BCUT2D eigenvalue weighted by atomic mass is 10.2. The molecule has 2 N–H and O–H groups in total. The van der Waals surface area contributed by atoms with Gasteiger partial charge in [-0.1, -0.05) is 6.58 Å². The van der Waals surface area contributed by atoms with Crippen molar-refractivity contribution < 1.29 is 0 Å². The van der Waals surface area contributed by atoms with Gasteiger partial charge in [-0.05, 0) is 12.8 Å². The zero-order chi connectivity index (χ0) is 8.43. The molecule has 0 atom stereocenters. The molecule has 11 heavy (non-hydrogen) atoms. The van der Waals surface area contributed by atoms with Crippen LogP contribution in [0.3, 0.4) is 0 Å². The van der Waals surface area contributed by atoms with Crippen molar-refractivity contribution in [2.24, 2.45) is 17.8 Å². The summed E-state index contributed by atoms with van der Waals surface area (Å²) in [6, 6.07) is 1.87. The fourth-order valence-electron chi connectivity index (χ4n) is 0.969. The molecule has 0 aliphatic heterocycles. The molecule has 3 heteroatoms. The highest BCUT2D eigenvalue weighted by Gasteiger charge is 2.04. The van der Waals surface area contributed by atoms with E-state index < -0.39 is 0 Å². The predicted octanol–water partition coefficient (Wildman–Crippen LogP) is 1.29. The number of rotatable bonds is 2. The molecule has 0 fully saturated rings. The Balaban J connectivity index is 3.26. The molecule has 58 valence electrons. The largest absolute Gasteiger partial charge is 0.399 e. The Morgan fingerprint density at radius 2 is 2.36 bits per heavy atom. The van der Waals surface area contributed by atoms with Gasteiger partial charge in [-0.3, -0.25) is 0 Å². The third-order valence-corrected chi connectivity index (χ3v) is 1.54. The van der Waals surface area contributed by atoms with Gasteiger partial charge in [-0.15, -0.1) is 0 Å². The summed E-state index contributed by atoms with van der Waals surface area (Å²) in [4.78, 5) is 3.82. The molecular weight excluding hydrogens is 138 g/mol. The van der Waals surface area contributed by atoms with E-state index in [4.69, 9.17) is 5.73 Å². The van der Waals surface area contributed by atoms with Crippen molar-refractivity contribution in [2.75, 3.05) is 0 Å². The first-order valence-electron chi connectivity index (χ1n) is 3.23. The Kier molecular flexibility index (Phi) is 1.81. The predicted molar refractivity (Wildman–Crippen MR) is 47.8 cm³/mol. The number of nitrogens with two attached hydrogens (primary N) is 1. The Labute approximate surface area is 65.9 Å². The lowest BCUT2D eigenvalue weighted by Crippen LogP contribution is -1.93. The summed E-state index contributed by atoms with van der Waals surface area (Å²) in [7, 11) is 1.89. The van der Waals surface area contributed by atoms with Crippen LogP contribution in [-0.4, -0.2) is 11.3 Å². The van der Waals surface area contributed by atoms with Crippen molar-refractivity contribution in [1.82, 2.24) is 4.57 Å². The van der Waals surface area contributed by atoms with E-state index in [1.807, 2.05) is 23.9 Å². The van der Waals surface area contributed by atoms with Gasteiger partial charge in [-0.2, -0.15) is 0 Å². The van der Waals surface area contributed by atoms with Crippen LogP contribution in [0.2, 0.25) is 0 Å².